The molecule has 5 rings (SSSR count). The van der Waals surface area contributed by atoms with Gasteiger partial charge in [-0.1, -0.05) is 42.1 Å². The van der Waals surface area contributed by atoms with Crippen LogP contribution in [0.3, 0.4) is 0 Å². The second-order valence-corrected chi connectivity index (χ2v) is 11.1. The first-order valence-electron chi connectivity index (χ1n) is 11.1. The van der Waals surface area contributed by atoms with Gasteiger partial charge in [0.15, 0.2) is 11.0 Å². The first kappa shape index (κ1) is 22.1. The number of amides is 1. The second kappa shape index (κ2) is 9.28. The highest BCUT2D eigenvalue weighted by Crippen LogP contribution is 2.30. The molecule has 0 bridgehead atoms. The molecule has 10 heteroatoms. The Hall–Kier alpha value is -2.69. The molecule has 1 aromatic heterocycles. The van der Waals surface area contributed by atoms with Gasteiger partial charge in [-0.15, -0.1) is 10.2 Å². The molecule has 33 heavy (non-hydrogen) atoms. The number of benzene rings is 2. The largest absolute Gasteiger partial charge is 0.353 e. The van der Waals surface area contributed by atoms with Gasteiger partial charge in [-0.2, -0.15) is 4.31 Å². The topological polar surface area (TPSA) is 97.2 Å². The number of nitrogens with zero attached hydrogens (tertiary/aromatic N) is 4. The minimum Gasteiger partial charge on any atom is -0.353 e. The van der Waals surface area contributed by atoms with Gasteiger partial charge in [-0.05, 0) is 49.9 Å². The number of rotatable bonds is 8. The molecule has 172 valence electrons. The van der Waals surface area contributed by atoms with Crippen molar-refractivity contribution in [3.8, 4) is 17.1 Å². The average molecular weight is 484 g/mol. The van der Waals surface area contributed by atoms with Crippen molar-refractivity contribution in [3.63, 3.8) is 0 Å². The van der Waals surface area contributed by atoms with Crippen LogP contribution in [0.25, 0.3) is 17.1 Å². The summed E-state index contributed by atoms with van der Waals surface area (Å²) in [6.45, 7) is 1.10. The molecule has 8 nitrogen and oxygen atoms in total. The third kappa shape index (κ3) is 4.83. The zero-order valence-corrected chi connectivity index (χ0v) is 19.7. The lowest BCUT2D eigenvalue weighted by Crippen LogP contribution is -2.27. The molecular formula is C23H25N5O3S2. The quantitative estimate of drug-likeness (QED) is 0.495. The maximum Gasteiger partial charge on any atom is 0.243 e. The number of nitrogens with one attached hydrogen (secondary N) is 1. The molecule has 1 saturated carbocycles. The van der Waals surface area contributed by atoms with E-state index in [9.17, 15) is 13.2 Å². The Morgan fingerprint density at radius 3 is 2.52 bits per heavy atom. The van der Waals surface area contributed by atoms with Crippen LogP contribution in [-0.4, -0.2) is 58.3 Å². The van der Waals surface area contributed by atoms with E-state index >= 15 is 0 Å². The molecule has 2 fully saturated rings. The maximum absolute atomic E-state index is 13.1. The molecule has 0 unspecified atom stereocenters. The monoisotopic (exact) mass is 483 g/mol. The third-order valence-electron chi connectivity index (χ3n) is 5.72. The summed E-state index contributed by atoms with van der Waals surface area (Å²) in [5.41, 5.74) is 1.50. The summed E-state index contributed by atoms with van der Waals surface area (Å²) in [5.74, 6) is 0.750. The number of sulfonamides is 1. The number of hydrogen-bond donors (Lipinski definition) is 1. The number of thioether (sulfide) groups is 1. The lowest BCUT2D eigenvalue weighted by molar-refractivity contribution is -0.118. The van der Waals surface area contributed by atoms with E-state index < -0.39 is 10.0 Å². The Balaban J connectivity index is 1.49. The smallest absolute Gasteiger partial charge is 0.243 e. The molecule has 1 saturated heterocycles. The zero-order chi connectivity index (χ0) is 22.8. The fourth-order valence-corrected chi connectivity index (χ4v) is 6.19. The van der Waals surface area contributed by atoms with E-state index in [0.717, 1.165) is 31.4 Å². The van der Waals surface area contributed by atoms with Crippen LogP contribution in [0.4, 0.5) is 0 Å². The zero-order valence-electron chi connectivity index (χ0n) is 18.1. The SMILES string of the molecule is O=C(CSc1nnc(-c2cccc(S(=O)(=O)N3CCCC3)c2)n1-c1ccccc1)NC1CC1. The lowest BCUT2D eigenvalue weighted by Gasteiger charge is -2.16. The maximum atomic E-state index is 13.1. The normalized spacial score (nSPS) is 16.7. The van der Waals surface area contributed by atoms with Gasteiger partial charge in [0, 0.05) is 30.4 Å². The molecule has 1 aliphatic carbocycles. The molecule has 2 aliphatic rings. The predicted octanol–water partition coefficient (Wildman–Crippen LogP) is 3.09. The van der Waals surface area contributed by atoms with E-state index in [-0.39, 0.29) is 16.6 Å². The third-order valence-corrected chi connectivity index (χ3v) is 8.54. The summed E-state index contributed by atoms with van der Waals surface area (Å²) in [6.07, 6.45) is 3.85. The van der Waals surface area contributed by atoms with Crippen molar-refractivity contribution >= 4 is 27.7 Å². The Kier molecular flexibility index (Phi) is 6.22. The van der Waals surface area contributed by atoms with Crippen LogP contribution in [0.2, 0.25) is 0 Å². The highest BCUT2D eigenvalue weighted by molar-refractivity contribution is 7.99. The lowest BCUT2D eigenvalue weighted by atomic mass is 10.2. The summed E-state index contributed by atoms with van der Waals surface area (Å²) >= 11 is 1.32. The van der Waals surface area contributed by atoms with E-state index in [1.807, 2.05) is 41.0 Å². The van der Waals surface area contributed by atoms with Crippen molar-refractivity contribution in [2.45, 2.75) is 41.8 Å². The van der Waals surface area contributed by atoms with Gasteiger partial charge in [-0.25, -0.2) is 8.42 Å². The number of carbonyl (C=O) groups excluding carboxylic acids is 1. The van der Waals surface area contributed by atoms with Crippen LogP contribution in [0.1, 0.15) is 25.7 Å². The summed E-state index contributed by atoms with van der Waals surface area (Å²) in [4.78, 5) is 12.5. The number of aromatic nitrogens is 3. The molecule has 1 N–H and O–H groups in total. The molecule has 0 atom stereocenters. The molecular weight excluding hydrogens is 458 g/mol. The highest BCUT2D eigenvalue weighted by atomic mass is 32.2. The molecule has 2 heterocycles. The van der Waals surface area contributed by atoms with Crippen LogP contribution in [0, 0.1) is 0 Å². The number of hydrogen-bond acceptors (Lipinski definition) is 6. The van der Waals surface area contributed by atoms with Crippen molar-refractivity contribution in [3.05, 3.63) is 54.6 Å². The van der Waals surface area contributed by atoms with Crippen LogP contribution in [0.5, 0.6) is 0 Å². The van der Waals surface area contributed by atoms with E-state index in [0.29, 0.717) is 35.7 Å². The molecule has 0 spiro atoms. The Labute approximate surface area is 197 Å². The van der Waals surface area contributed by atoms with E-state index in [1.165, 1.54) is 16.1 Å². The number of para-hydroxylation sites is 1. The summed E-state index contributed by atoms with van der Waals surface area (Å²) < 4.78 is 29.6. The molecule has 2 aromatic carbocycles. The van der Waals surface area contributed by atoms with Gasteiger partial charge in [0.25, 0.3) is 0 Å². The molecule has 1 amide bonds. The Bertz CT molecular complexity index is 1250. The van der Waals surface area contributed by atoms with Gasteiger partial charge in [0.1, 0.15) is 0 Å². The van der Waals surface area contributed by atoms with E-state index in [4.69, 9.17) is 0 Å². The minimum atomic E-state index is -3.55. The predicted molar refractivity (Wildman–Crippen MR) is 127 cm³/mol. The molecule has 1 aliphatic heterocycles. The van der Waals surface area contributed by atoms with Crippen LogP contribution in [-0.2, 0) is 14.8 Å². The Morgan fingerprint density at radius 2 is 1.79 bits per heavy atom. The van der Waals surface area contributed by atoms with Crippen molar-refractivity contribution in [1.29, 1.82) is 0 Å². The highest BCUT2D eigenvalue weighted by Gasteiger charge is 2.28. The first-order valence-corrected chi connectivity index (χ1v) is 13.5. The second-order valence-electron chi connectivity index (χ2n) is 8.25. The average Bonchev–Trinajstić information content (AvgIpc) is 3.29. The first-order chi connectivity index (χ1) is 16.0. The van der Waals surface area contributed by atoms with Gasteiger partial charge in [0.05, 0.1) is 10.6 Å². The van der Waals surface area contributed by atoms with E-state index in [1.54, 1.807) is 18.2 Å². The van der Waals surface area contributed by atoms with Gasteiger partial charge >= 0.3 is 0 Å². The standard InChI is InChI=1S/C23H25N5O3S2/c29-21(24-18-11-12-18)16-32-23-26-25-22(28(23)19-8-2-1-3-9-19)17-7-6-10-20(15-17)33(30,31)27-13-4-5-14-27/h1-3,6-10,15,18H,4-5,11-14,16H2,(H,24,29). The van der Waals surface area contributed by atoms with Crippen molar-refractivity contribution < 1.29 is 13.2 Å². The summed E-state index contributed by atoms with van der Waals surface area (Å²) in [5, 5.41) is 12.3. The summed E-state index contributed by atoms with van der Waals surface area (Å²) in [6, 6.07) is 16.8. The Morgan fingerprint density at radius 1 is 1.03 bits per heavy atom. The molecule has 3 aromatic rings. The van der Waals surface area contributed by atoms with Crippen molar-refractivity contribution in [2.24, 2.45) is 0 Å². The van der Waals surface area contributed by atoms with Crippen molar-refractivity contribution in [2.75, 3.05) is 18.8 Å². The van der Waals surface area contributed by atoms with Crippen LogP contribution >= 0.6 is 11.8 Å². The van der Waals surface area contributed by atoms with Crippen LogP contribution < -0.4 is 5.32 Å². The summed E-state index contributed by atoms with van der Waals surface area (Å²) in [7, 11) is -3.55. The van der Waals surface area contributed by atoms with Gasteiger partial charge in [-0.3, -0.25) is 9.36 Å². The fourth-order valence-electron chi connectivity index (χ4n) is 3.86. The fraction of sp³-hybridized carbons (Fsp3) is 0.348. The van der Waals surface area contributed by atoms with Crippen molar-refractivity contribution in [1.82, 2.24) is 24.4 Å². The minimum absolute atomic E-state index is 0.0228. The number of carbonyl (C=O) groups is 1. The molecule has 0 radical (unpaired) electrons. The van der Waals surface area contributed by atoms with E-state index in [2.05, 4.69) is 15.5 Å². The van der Waals surface area contributed by atoms with Crippen LogP contribution in [0.15, 0.2) is 64.6 Å². The van der Waals surface area contributed by atoms with Gasteiger partial charge in [0.2, 0.25) is 15.9 Å². The van der Waals surface area contributed by atoms with Gasteiger partial charge < -0.3 is 5.32 Å².